The number of amides is 1. The van der Waals surface area contributed by atoms with E-state index in [1.807, 2.05) is 53.4 Å². The number of nitrogens with zero attached hydrogens (tertiary/aromatic N) is 2. The van der Waals surface area contributed by atoms with Gasteiger partial charge >= 0.3 is 0 Å². The summed E-state index contributed by atoms with van der Waals surface area (Å²) in [7, 11) is 1.63. The Morgan fingerprint density at radius 3 is 2.81 bits per heavy atom. The molecule has 0 saturated carbocycles. The molecule has 0 bridgehead atoms. The first-order valence-corrected chi connectivity index (χ1v) is 8.51. The van der Waals surface area contributed by atoms with Gasteiger partial charge in [-0.05, 0) is 36.2 Å². The smallest absolute Gasteiger partial charge is 0.259 e. The second kappa shape index (κ2) is 6.88. The lowest BCUT2D eigenvalue weighted by atomic mass is 10.2. The highest BCUT2D eigenvalue weighted by Gasteiger charge is 2.25. The van der Waals surface area contributed by atoms with Crippen molar-refractivity contribution >= 4 is 23.0 Å². The van der Waals surface area contributed by atoms with Gasteiger partial charge in [0.05, 0.1) is 30.2 Å². The number of nitrogens with one attached hydrogen (secondary N) is 1. The Kier molecular flexibility index (Phi) is 4.27. The number of anilines is 3. The van der Waals surface area contributed by atoms with Crippen LogP contribution in [0.1, 0.15) is 15.9 Å². The van der Waals surface area contributed by atoms with Crippen molar-refractivity contribution in [1.82, 2.24) is 4.98 Å². The van der Waals surface area contributed by atoms with Crippen molar-refractivity contribution in [2.75, 3.05) is 23.9 Å². The van der Waals surface area contributed by atoms with Crippen molar-refractivity contribution in [3.8, 4) is 5.75 Å². The summed E-state index contributed by atoms with van der Waals surface area (Å²) in [5, 5.41) is 3.27. The van der Waals surface area contributed by atoms with Crippen LogP contribution in [0.5, 0.6) is 5.75 Å². The minimum atomic E-state index is -0.0360. The number of ether oxygens (including phenoxy) is 1. The van der Waals surface area contributed by atoms with Crippen molar-refractivity contribution in [1.29, 1.82) is 0 Å². The van der Waals surface area contributed by atoms with E-state index < -0.39 is 0 Å². The molecule has 0 spiro atoms. The molecule has 5 nitrogen and oxygen atoms in total. The van der Waals surface area contributed by atoms with E-state index in [4.69, 9.17) is 4.74 Å². The van der Waals surface area contributed by atoms with Gasteiger partial charge in [0.25, 0.3) is 5.91 Å². The summed E-state index contributed by atoms with van der Waals surface area (Å²) in [5.41, 5.74) is 4.32. The number of para-hydroxylation sites is 3. The fourth-order valence-electron chi connectivity index (χ4n) is 3.23. The largest absolute Gasteiger partial charge is 0.495 e. The molecular weight excluding hydrogens is 326 g/mol. The summed E-state index contributed by atoms with van der Waals surface area (Å²) in [6.45, 7) is 0.697. The molecular formula is C21H19N3O2. The van der Waals surface area contributed by atoms with Crippen LogP contribution in [-0.4, -0.2) is 24.5 Å². The maximum atomic E-state index is 13.0. The topological polar surface area (TPSA) is 54.5 Å². The van der Waals surface area contributed by atoms with Gasteiger partial charge < -0.3 is 15.0 Å². The van der Waals surface area contributed by atoms with Gasteiger partial charge in [0.1, 0.15) is 5.75 Å². The summed E-state index contributed by atoms with van der Waals surface area (Å²) in [4.78, 5) is 19.0. The van der Waals surface area contributed by atoms with Crippen LogP contribution in [0.25, 0.3) is 0 Å². The Bertz CT molecular complexity index is 955. The molecule has 0 atom stereocenters. The van der Waals surface area contributed by atoms with E-state index in [1.54, 1.807) is 19.5 Å². The Labute approximate surface area is 152 Å². The van der Waals surface area contributed by atoms with Crippen LogP contribution in [0, 0.1) is 0 Å². The number of aromatic nitrogens is 1. The maximum Gasteiger partial charge on any atom is 0.259 e. The van der Waals surface area contributed by atoms with Gasteiger partial charge in [-0.15, -0.1) is 0 Å². The van der Waals surface area contributed by atoms with E-state index in [9.17, 15) is 4.79 Å². The summed E-state index contributed by atoms with van der Waals surface area (Å²) in [5.74, 6) is 0.698. The predicted molar refractivity (Wildman–Crippen MR) is 102 cm³/mol. The van der Waals surface area contributed by atoms with Crippen molar-refractivity contribution < 1.29 is 9.53 Å². The number of hydrogen-bond donors (Lipinski definition) is 1. The van der Waals surface area contributed by atoms with E-state index in [1.165, 1.54) is 5.56 Å². The number of pyridine rings is 1. The zero-order valence-electron chi connectivity index (χ0n) is 14.5. The third-order valence-corrected chi connectivity index (χ3v) is 4.50. The van der Waals surface area contributed by atoms with Gasteiger partial charge in [-0.25, -0.2) is 0 Å². The molecule has 1 aromatic heterocycles. The van der Waals surface area contributed by atoms with Gasteiger partial charge in [-0.1, -0.05) is 30.3 Å². The Morgan fingerprint density at radius 2 is 1.92 bits per heavy atom. The van der Waals surface area contributed by atoms with E-state index in [2.05, 4.69) is 16.4 Å². The van der Waals surface area contributed by atoms with E-state index in [0.29, 0.717) is 12.1 Å². The molecule has 1 amide bonds. The quantitative estimate of drug-likeness (QED) is 0.775. The Hall–Kier alpha value is -3.34. The first kappa shape index (κ1) is 16.1. The molecule has 130 valence electrons. The number of carbonyl (C=O) groups excluding carboxylic acids is 1. The van der Waals surface area contributed by atoms with Gasteiger partial charge in [-0.3, -0.25) is 9.78 Å². The average molecular weight is 345 g/mol. The first-order chi connectivity index (χ1) is 12.8. The zero-order valence-corrected chi connectivity index (χ0v) is 14.5. The number of methoxy groups -OCH3 is 1. The predicted octanol–water partition coefficient (Wildman–Crippen LogP) is 4.04. The molecule has 26 heavy (non-hydrogen) atoms. The van der Waals surface area contributed by atoms with Gasteiger partial charge in [-0.2, -0.15) is 0 Å². The molecule has 1 aliphatic rings. The van der Waals surface area contributed by atoms with Crippen LogP contribution in [0.15, 0.2) is 67.0 Å². The van der Waals surface area contributed by atoms with Crippen LogP contribution < -0.4 is 15.0 Å². The summed E-state index contributed by atoms with van der Waals surface area (Å²) >= 11 is 0. The standard InChI is InChI=1S/C21H19N3O2/c1-26-20-9-5-3-7-18(20)23-17-12-16(13-22-14-17)21(25)24-11-10-15-6-2-4-8-19(15)24/h2-9,12-14,23H,10-11H2,1H3. The first-order valence-electron chi connectivity index (χ1n) is 8.51. The number of benzene rings is 2. The highest BCUT2D eigenvalue weighted by Crippen LogP contribution is 2.30. The minimum absolute atomic E-state index is 0.0360. The number of fused-ring (bicyclic) bond motifs is 1. The summed E-state index contributed by atoms with van der Waals surface area (Å²) < 4.78 is 5.36. The molecule has 1 N–H and O–H groups in total. The van der Waals surface area contributed by atoms with Gasteiger partial charge in [0.2, 0.25) is 0 Å². The SMILES string of the molecule is COc1ccccc1Nc1cncc(C(=O)N2CCc3ccccc32)c1. The zero-order chi connectivity index (χ0) is 17.9. The van der Waals surface area contributed by atoms with Crippen molar-refractivity contribution in [2.24, 2.45) is 0 Å². The molecule has 0 saturated heterocycles. The molecule has 2 aromatic carbocycles. The highest BCUT2D eigenvalue weighted by molar-refractivity contribution is 6.07. The molecule has 3 aromatic rings. The van der Waals surface area contributed by atoms with Gasteiger partial charge in [0.15, 0.2) is 0 Å². The number of carbonyl (C=O) groups is 1. The van der Waals surface area contributed by atoms with E-state index >= 15 is 0 Å². The molecule has 0 fully saturated rings. The van der Waals surface area contributed by atoms with Crippen LogP contribution in [0.3, 0.4) is 0 Å². The summed E-state index contributed by atoms with van der Waals surface area (Å²) in [6, 6.07) is 17.5. The second-order valence-electron chi connectivity index (χ2n) is 6.12. The van der Waals surface area contributed by atoms with Crippen LogP contribution >= 0.6 is 0 Å². The number of hydrogen-bond acceptors (Lipinski definition) is 4. The molecule has 1 aliphatic heterocycles. The Morgan fingerprint density at radius 1 is 1.12 bits per heavy atom. The average Bonchev–Trinajstić information content (AvgIpc) is 3.12. The molecule has 0 unspecified atom stereocenters. The normalized spacial score (nSPS) is 12.6. The lowest BCUT2D eigenvalue weighted by Gasteiger charge is -2.18. The van der Waals surface area contributed by atoms with Crippen molar-refractivity contribution in [2.45, 2.75) is 6.42 Å². The van der Waals surface area contributed by atoms with Crippen molar-refractivity contribution in [3.05, 3.63) is 78.1 Å². The second-order valence-corrected chi connectivity index (χ2v) is 6.12. The molecule has 0 radical (unpaired) electrons. The van der Waals surface area contributed by atoms with Gasteiger partial charge in [0, 0.05) is 18.4 Å². The molecule has 0 aliphatic carbocycles. The molecule has 4 rings (SSSR count). The van der Waals surface area contributed by atoms with Crippen LogP contribution in [0.4, 0.5) is 17.1 Å². The molecule has 2 heterocycles. The lowest BCUT2D eigenvalue weighted by molar-refractivity contribution is 0.0989. The lowest BCUT2D eigenvalue weighted by Crippen LogP contribution is -2.29. The van der Waals surface area contributed by atoms with Crippen LogP contribution in [0.2, 0.25) is 0 Å². The monoisotopic (exact) mass is 345 g/mol. The van der Waals surface area contributed by atoms with Crippen LogP contribution in [-0.2, 0) is 6.42 Å². The third-order valence-electron chi connectivity index (χ3n) is 4.50. The Balaban J connectivity index is 1.59. The minimum Gasteiger partial charge on any atom is -0.495 e. The third kappa shape index (κ3) is 2.99. The maximum absolute atomic E-state index is 13.0. The number of rotatable bonds is 4. The van der Waals surface area contributed by atoms with E-state index in [0.717, 1.165) is 29.2 Å². The highest BCUT2D eigenvalue weighted by atomic mass is 16.5. The van der Waals surface area contributed by atoms with Crippen molar-refractivity contribution in [3.63, 3.8) is 0 Å². The fourth-order valence-corrected chi connectivity index (χ4v) is 3.23. The molecule has 5 heteroatoms. The summed E-state index contributed by atoms with van der Waals surface area (Å²) in [6.07, 6.45) is 4.19. The van der Waals surface area contributed by atoms with E-state index in [-0.39, 0.29) is 5.91 Å². The fraction of sp³-hybridized carbons (Fsp3) is 0.143.